The third-order valence-corrected chi connectivity index (χ3v) is 6.29. The monoisotopic (exact) mass is 542 g/mol. The van der Waals surface area contributed by atoms with Gasteiger partial charge in [0, 0.05) is 34.1 Å². The fourth-order valence-electron chi connectivity index (χ4n) is 3.82. The van der Waals surface area contributed by atoms with Crippen molar-refractivity contribution in [1.29, 1.82) is 0 Å². The smallest absolute Gasteiger partial charge is 0.261 e. The topological polar surface area (TPSA) is 67.9 Å². The largest absolute Gasteiger partial charge is 0.493 e. The molecule has 1 unspecified atom stereocenters. The molecule has 0 aliphatic heterocycles. The van der Waals surface area contributed by atoms with Gasteiger partial charge in [-0.1, -0.05) is 71.7 Å². The van der Waals surface area contributed by atoms with Gasteiger partial charge in [0.15, 0.2) is 18.1 Å². The SMILES string of the molecule is COc1ccccc1OCC(=O)N(Cc1c(Cl)cccc1Cl)C(Cc1ccccc1)C(=O)NC(C)(C)C. The Morgan fingerprint density at radius 3 is 2.08 bits per heavy atom. The van der Waals surface area contributed by atoms with Crippen LogP contribution in [-0.2, 0) is 22.6 Å². The summed E-state index contributed by atoms with van der Waals surface area (Å²) in [5.41, 5.74) is 0.958. The molecule has 0 radical (unpaired) electrons. The molecule has 0 bridgehead atoms. The quantitative estimate of drug-likeness (QED) is 0.344. The molecule has 1 N–H and O–H groups in total. The van der Waals surface area contributed by atoms with Crippen LogP contribution in [0, 0.1) is 0 Å². The van der Waals surface area contributed by atoms with E-state index in [0.717, 1.165) is 5.56 Å². The molecule has 0 saturated carbocycles. The number of amides is 2. The number of ether oxygens (including phenoxy) is 2. The fourth-order valence-corrected chi connectivity index (χ4v) is 4.34. The Labute approximate surface area is 228 Å². The van der Waals surface area contributed by atoms with Crippen LogP contribution in [0.15, 0.2) is 72.8 Å². The number of para-hydroxylation sites is 2. The van der Waals surface area contributed by atoms with Crippen LogP contribution in [0.5, 0.6) is 11.5 Å². The molecule has 0 heterocycles. The Bertz CT molecular complexity index is 1190. The van der Waals surface area contributed by atoms with E-state index in [0.29, 0.717) is 33.5 Å². The van der Waals surface area contributed by atoms with Crippen molar-refractivity contribution in [3.05, 3.63) is 94.0 Å². The number of nitrogens with zero attached hydrogens (tertiary/aromatic N) is 1. The molecule has 3 rings (SSSR count). The molecule has 1 atom stereocenters. The van der Waals surface area contributed by atoms with Crippen LogP contribution < -0.4 is 14.8 Å². The van der Waals surface area contributed by atoms with E-state index in [2.05, 4.69) is 5.32 Å². The first-order valence-corrected chi connectivity index (χ1v) is 12.7. The van der Waals surface area contributed by atoms with Gasteiger partial charge in [-0.25, -0.2) is 0 Å². The Balaban J connectivity index is 1.99. The molecule has 8 heteroatoms. The van der Waals surface area contributed by atoms with E-state index in [4.69, 9.17) is 32.7 Å². The molecular weight excluding hydrogens is 511 g/mol. The van der Waals surface area contributed by atoms with Crippen LogP contribution in [0.3, 0.4) is 0 Å². The summed E-state index contributed by atoms with van der Waals surface area (Å²) in [5, 5.41) is 3.84. The van der Waals surface area contributed by atoms with Gasteiger partial charge in [0.05, 0.1) is 7.11 Å². The highest BCUT2D eigenvalue weighted by Crippen LogP contribution is 2.29. The summed E-state index contributed by atoms with van der Waals surface area (Å²) in [6.45, 7) is 5.41. The van der Waals surface area contributed by atoms with E-state index in [1.807, 2.05) is 57.2 Å². The van der Waals surface area contributed by atoms with E-state index >= 15 is 0 Å². The zero-order valence-electron chi connectivity index (χ0n) is 21.5. The molecule has 2 amide bonds. The molecule has 3 aromatic carbocycles. The molecule has 0 spiro atoms. The van der Waals surface area contributed by atoms with E-state index in [1.165, 1.54) is 12.0 Å². The lowest BCUT2D eigenvalue weighted by atomic mass is 10.0. The van der Waals surface area contributed by atoms with E-state index < -0.39 is 17.5 Å². The van der Waals surface area contributed by atoms with E-state index in [9.17, 15) is 9.59 Å². The highest BCUT2D eigenvalue weighted by atomic mass is 35.5. The highest BCUT2D eigenvalue weighted by Gasteiger charge is 2.33. The Morgan fingerprint density at radius 2 is 1.49 bits per heavy atom. The van der Waals surface area contributed by atoms with Crippen molar-refractivity contribution in [3.8, 4) is 11.5 Å². The maximum Gasteiger partial charge on any atom is 0.261 e. The number of carbonyl (C=O) groups is 2. The lowest BCUT2D eigenvalue weighted by molar-refractivity contribution is -0.143. The van der Waals surface area contributed by atoms with Crippen molar-refractivity contribution in [2.45, 2.75) is 45.3 Å². The lowest BCUT2D eigenvalue weighted by Crippen LogP contribution is -2.55. The number of hydrogen-bond acceptors (Lipinski definition) is 4. The van der Waals surface area contributed by atoms with Crippen molar-refractivity contribution in [3.63, 3.8) is 0 Å². The number of hydrogen-bond donors (Lipinski definition) is 1. The predicted molar refractivity (Wildman–Crippen MR) is 147 cm³/mol. The molecule has 3 aromatic rings. The highest BCUT2D eigenvalue weighted by molar-refractivity contribution is 6.36. The molecule has 6 nitrogen and oxygen atoms in total. The van der Waals surface area contributed by atoms with Crippen molar-refractivity contribution < 1.29 is 19.1 Å². The van der Waals surface area contributed by atoms with E-state index in [-0.39, 0.29) is 19.1 Å². The fraction of sp³-hybridized carbons (Fsp3) is 0.310. The standard InChI is InChI=1S/C29H32Cl2N2O4/c1-29(2,3)32-28(35)24(17-20-11-6-5-7-12-20)33(18-21-22(30)13-10-14-23(21)31)27(34)19-37-26-16-9-8-15-25(26)36-4/h5-16,24H,17-19H2,1-4H3,(H,32,35). The second-order valence-electron chi connectivity index (χ2n) is 9.61. The van der Waals surface area contributed by atoms with Gasteiger partial charge in [-0.3, -0.25) is 9.59 Å². The summed E-state index contributed by atoms with van der Waals surface area (Å²) in [5.74, 6) is 0.243. The van der Waals surface area contributed by atoms with Crippen LogP contribution in [0.4, 0.5) is 0 Å². The number of rotatable bonds is 10. The minimum atomic E-state index is -0.845. The molecule has 0 aliphatic carbocycles. The third kappa shape index (κ3) is 8.14. The number of benzene rings is 3. The van der Waals surface area contributed by atoms with Crippen LogP contribution in [0.25, 0.3) is 0 Å². The summed E-state index contributed by atoms with van der Waals surface area (Å²) in [6, 6.07) is 20.9. The van der Waals surface area contributed by atoms with Gasteiger partial charge in [0.25, 0.3) is 5.91 Å². The van der Waals surface area contributed by atoms with Gasteiger partial charge >= 0.3 is 0 Å². The second kappa shape index (κ2) is 12.8. The van der Waals surface area contributed by atoms with Gasteiger partial charge in [0.1, 0.15) is 6.04 Å². The van der Waals surface area contributed by atoms with Gasteiger partial charge < -0.3 is 19.7 Å². The Kier molecular flexibility index (Phi) is 9.84. The molecule has 196 valence electrons. The molecular formula is C29H32Cl2N2O4. The summed E-state index contributed by atoms with van der Waals surface area (Å²) in [6.07, 6.45) is 0.297. The lowest BCUT2D eigenvalue weighted by Gasteiger charge is -2.34. The van der Waals surface area contributed by atoms with Crippen LogP contribution in [0.1, 0.15) is 31.9 Å². The average molecular weight is 543 g/mol. The predicted octanol–water partition coefficient (Wildman–Crippen LogP) is 5.94. The number of nitrogens with one attached hydrogen (secondary N) is 1. The maximum absolute atomic E-state index is 13.7. The van der Waals surface area contributed by atoms with Gasteiger partial charge in [-0.05, 0) is 50.6 Å². The molecule has 0 aliphatic rings. The maximum atomic E-state index is 13.7. The first kappa shape index (κ1) is 28.4. The molecule has 0 aromatic heterocycles. The summed E-state index contributed by atoms with van der Waals surface area (Å²) >= 11 is 12.9. The number of methoxy groups -OCH3 is 1. The Hall–Kier alpha value is -3.22. The molecule has 0 saturated heterocycles. The van der Waals surface area contributed by atoms with E-state index in [1.54, 1.807) is 36.4 Å². The first-order valence-electron chi connectivity index (χ1n) is 11.9. The summed E-state index contributed by atoms with van der Waals surface area (Å²) in [7, 11) is 1.53. The molecule has 37 heavy (non-hydrogen) atoms. The summed E-state index contributed by atoms with van der Waals surface area (Å²) in [4.78, 5) is 28.8. The number of carbonyl (C=O) groups excluding carboxylic acids is 2. The van der Waals surface area contributed by atoms with Crippen molar-refractivity contribution in [2.24, 2.45) is 0 Å². The second-order valence-corrected chi connectivity index (χ2v) is 10.4. The molecule has 0 fully saturated rings. The van der Waals surface area contributed by atoms with Crippen LogP contribution in [-0.4, -0.2) is 42.0 Å². The minimum Gasteiger partial charge on any atom is -0.493 e. The van der Waals surface area contributed by atoms with Gasteiger partial charge in [-0.2, -0.15) is 0 Å². The zero-order chi connectivity index (χ0) is 27.0. The van der Waals surface area contributed by atoms with Crippen molar-refractivity contribution >= 4 is 35.0 Å². The number of halogens is 2. The minimum absolute atomic E-state index is 0.0295. The first-order chi connectivity index (χ1) is 17.6. The van der Waals surface area contributed by atoms with Crippen molar-refractivity contribution in [2.75, 3.05) is 13.7 Å². The van der Waals surface area contributed by atoms with Crippen molar-refractivity contribution in [1.82, 2.24) is 10.2 Å². The Morgan fingerprint density at radius 1 is 0.892 bits per heavy atom. The van der Waals surface area contributed by atoms with Gasteiger partial charge in [-0.15, -0.1) is 0 Å². The van der Waals surface area contributed by atoms with Crippen LogP contribution >= 0.6 is 23.2 Å². The summed E-state index contributed by atoms with van der Waals surface area (Å²) < 4.78 is 11.2. The zero-order valence-corrected chi connectivity index (χ0v) is 23.0. The average Bonchev–Trinajstić information content (AvgIpc) is 2.86. The van der Waals surface area contributed by atoms with Gasteiger partial charge in [0.2, 0.25) is 5.91 Å². The third-order valence-electron chi connectivity index (χ3n) is 5.58. The van der Waals surface area contributed by atoms with Crippen LogP contribution in [0.2, 0.25) is 10.0 Å². The normalized spacial score (nSPS) is 11.9.